The van der Waals surface area contributed by atoms with E-state index in [-0.39, 0.29) is 5.54 Å². The predicted octanol–water partition coefficient (Wildman–Crippen LogP) is 2.53. The van der Waals surface area contributed by atoms with Crippen LogP contribution in [-0.2, 0) is 0 Å². The van der Waals surface area contributed by atoms with Gasteiger partial charge in [-0.05, 0) is 64.0 Å². The third-order valence-electron chi connectivity index (χ3n) is 5.73. The fraction of sp³-hybridized carbons (Fsp3) is 0.938. The van der Waals surface area contributed by atoms with Gasteiger partial charge in [-0.15, -0.1) is 0 Å². The highest BCUT2D eigenvalue weighted by atomic mass is 15.2. The Morgan fingerprint density at radius 1 is 1.16 bits per heavy atom. The number of hydrogen-bond donors (Lipinski definition) is 1. The lowest BCUT2D eigenvalue weighted by Gasteiger charge is -2.46. The van der Waals surface area contributed by atoms with Gasteiger partial charge in [0.2, 0.25) is 0 Å². The summed E-state index contributed by atoms with van der Waals surface area (Å²) < 4.78 is 0. The van der Waals surface area contributed by atoms with E-state index in [4.69, 9.17) is 0 Å². The average Bonchev–Trinajstić information content (AvgIpc) is 3.30. The minimum Gasteiger partial charge on any atom is -0.301 e. The fourth-order valence-electron chi connectivity index (χ4n) is 4.42. The molecule has 3 fully saturated rings. The van der Waals surface area contributed by atoms with Gasteiger partial charge in [0.15, 0.2) is 0 Å². The van der Waals surface area contributed by atoms with Crippen molar-refractivity contribution in [2.45, 2.75) is 62.9 Å². The maximum absolute atomic E-state index is 9.67. The van der Waals surface area contributed by atoms with Crippen LogP contribution < -0.4 is 5.32 Å². The topological polar surface area (TPSA) is 39.1 Å². The smallest absolute Gasteiger partial charge is 0.122 e. The summed E-state index contributed by atoms with van der Waals surface area (Å²) in [7, 11) is 1.98. The Kier molecular flexibility index (Phi) is 3.82. The number of likely N-dealkylation sites (N-methyl/N-ethyl adjacent to an activating group) is 1. The lowest BCUT2D eigenvalue weighted by molar-refractivity contribution is 0.0422. The fourth-order valence-corrected chi connectivity index (χ4v) is 4.42. The van der Waals surface area contributed by atoms with Gasteiger partial charge in [-0.3, -0.25) is 4.90 Å². The van der Waals surface area contributed by atoms with E-state index in [1.54, 1.807) is 0 Å². The van der Waals surface area contributed by atoms with Crippen LogP contribution in [0.25, 0.3) is 0 Å². The van der Waals surface area contributed by atoms with Crippen LogP contribution in [0, 0.1) is 23.2 Å². The lowest BCUT2D eigenvalue weighted by Crippen LogP contribution is -2.58. The molecule has 0 bridgehead atoms. The largest absolute Gasteiger partial charge is 0.301 e. The number of piperidine rings is 1. The molecular formula is C16H27N3. The van der Waals surface area contributed by atoms with Gasteiger partial charge in [-0.2, -0.15) is 5.26 Å². The van der Waals surface area contributed by atoms with Crippen LogP contribution in [0.5, 0.6) is 0 Å². The second kappa shape index (κ2) is 5.42. The molecule has 3 heteroatoms. The Hall–Kier alpha value is -0.590. The van der Waals surface area contributed by atoms with Gasteiger partial charge in [0.25, 0.3) is 0 Å². The minimum absolute atomic E-state index is 0.278. The van der Waals surface area contributed by atoms with Gasteiger partial charge in [-0.1, -0.05) is 12.8 Å². The van der Waals surface area contributed by atoms with Crippen molar-refractivity contribution in [3.63, 3.8) is 0 Å². The van der Waals surface area contributed by atoms with Crippen LogP contribution in [0.3, 0.4) is 0 Å². The van der Waals surface area contributed by atoms with Crippen molar-refractivity contribution in [1.82, 2.24) is 10.2 Å². The first-order chi connectivity index (χ1) is 9.29. The number of rotatable bonds is 4. The molecule has 3 atom stereocenters. The standard InChI is InChI=1S/C16H27N3/c1-18-16(11-17,14-8-9-14)12-19-10-4-6-13-5-2-3-7-15(13)19/h13-15,18H,2-10,12H2,1H3. The molecule has 3 aliphatic rings. The van der Waals surface area contributed by atoms with Crippen molar-refractivity contribution in [2.75, 3.05) is 20.1 Å². The van der Waals surface area contributed by atoms with Crippen LogP contribution in [0.15, 0.2) is 0 Å². The van der Waals surface area contributed by atoms with Gasteiger partial charge >= 0.3 is 0 Å². The van der Waals surface area contributed by atoms with E-state index in [9.17, 15) is 5.26 Å². The first-order valence-corrected chi connectivity index (χ1v) is 8.13. The Balaban J connectivity index is 1.71. The molecule has 0 aromatic rings. The third kappa shape index (κ3) is 2.53. The van der Waals surface area contributed by atoms with Crippen LogP contribution >= 0.6 is 0 Å². The second-order valence-electron chi connectivity index (χ2n) is 6.83. The van der Waals surface area contributed by atoms with E-state index in [0.29, 0.717) is 5.92 Å². The quantitative estimate of drug-likeness (QED) is 0.845. The molecule has 0 spiro atoms. The molecule has 1 saturated heterocycles. The zero-order valence-electron chi connectivity index (χ0n) is 12.2. The summed E-state index contributed by atoms with van der Waals surface area (Å²) in [5.74, 6) is 1.50. The molecule has 106 valence electrons. The van der Waals surface area contributed by atoms with Crippen molar-refractivity contribution in [3.8, 4) is 6.07 Å². The van der Waals surface area contributed by atoms with E-state index < -0.39 is 0 Å². The minimum atomic E-state index is -0.278. The molecule has 0 amide bonds. The van der Waals surface area contributed by atoms with Crippen molar-refractivity contribution >= 4 is 0 Å². The summed E-state index contributed by atoms with van der Waals surface area (Å²) in [5, 5.41) is 13.0. The summed E-state index contributed by atoms with van der Waals surface area (Å²) >= 11 is 0. The number of fused-ring (bicyclic) bond motifs is 1. The second-order valence-corrected chi connectivity index (χ2v) is 6.83. The van der Waals surface area contributed by atoms with Crippen molar-refractivity contribution in [3.05, 3.63) is 0 Å². The lowest BCUT2D eigenvalue weighted by atomic mass is 9.77. The first kappa shape index (κ1) is 13.4. The number of nitrogens with zero attached hydrogens (tertiary/aromatic N) is 2. The van der Waals surface area contributed by atoms with Crippen molar-refractivity contribution in [1.29, 1.82) is 5.26 Å². The first-order valence-electron chi connectivity index (χ1n) is 8.13. The zero-order chi connectivity index (χ0) is 13.3. The van der Waals surface area contributed by atoms with Gasteiger partial charge in [0.05, 0.1) is 6.07 Å². The summed E-state index contributed by atoms with van der Waals surface area (Å²) in [6, 6.07) is 3.38. The van der Waals surface area contributed by atoms with Crippen molar-refractivity contribution in [2.24, 2.45) is 11.8 Å². The molecular weight excluding hydrogens is 234 g/mol. The molecule has 0 aromatic carbocycles. The number of hydrogen-bond acceptors (Lipinski definition) is 3. The molecule has 19 heavy (non-hydrogen) atoms. The molecule has 1 N–H and O–H groups in total. The molecule has 2 aliphatic carbocycles. The zero-order valence-corrected chi connectivity index (χ0v) is 12.2. The van der Waals surface area contributed by atoms with E-state index in [1.165, 1.54) is 57.9 Å². The highest BCUT2D eigenvalue weighted by Crippen LogP contribution is 2.42. The van der Waals surface area contributed by atoms with Crippen molar-refractivity contribution < 1.29 is 0 Å². The monoisotopic (exact) mass is 261 g/mol. The maximum Gasteiger partial charge on any atom is 0.122 e. The molecule has 3 nitrogen and oxygen atoms in total. The van der Waals surface area contributed by atoms with Gasteiger partial charge in [0, 0.05) is 12.6 Å². The summed E-state index contributed by atoms with van der Waals surface area (Å²) in [5.41, 5.74) is -0.278. The van der Waals surface area contributed by atoms with Gasteiger partial charge < -0.3 is 5.32 Å². The Bertz CT molecular complexity index is 355. The maximum atomic E-state index is 9.67. The summed E-state index contributed by atoms with van der Waals surface area (Å²) in [6.07, 6.45) is 10.8. The van der Waals surface area contributed by atoms with Crippen LogP contribution in [-0.4, -0.2) is 36.6 Å². The molecule has 0 aromatic heterocycles. The van der Waals surface area contributed by atoms with E-state index in [2.05, 4.69) is 16.3 Å². The van der Waals surface area contributed by atoms with Gasteiger partial charge in [-0.25, -0.2) is 0 Å². The van der Waals surface area contributed by atoms with E-state index in [1.807, 2.05) is 7.05 Å². The Morgan fingerprint density at radius 2 is 1.89 bits per heavy atom. The summed E-state index contributed by atoms with van der Waals surface area (Å²) in [4.78, 5) is 2.66. The molecule has 1 aliphatic heterocycles. The van der Waals surface area contributed by atoms with E-state index in [0.717, 1.165) is 18.5 Å². The van der Waals surface area contributed by atoms with Crippen LogP contribution in [0.2, 0.25) is 0 Å². The highest BCUT2D eigenvalue weighted by Gasteiger charge is 2.47. The molecule has 1 heterocycles. The molecule has 2 saturated carbocycles. The molecule has 3 unspecified atom stereocenters. The normalized spacial score (nSPS) is 35.2. The highest BCUT2D eigenvalue weighted by molar-refractivity contribution is 5.16. The Morgan fingerprint density at radius 3 is 2.58 bits per heavy atom. The SMILES string of the molecule is CNC(C#N)(CN1CCCC2CCCCC21)C1CC1. The average molecular weight is 261 g/mol. The third-order valence-corrected chi connectivity index (χ3v) is 5.73. The number of nitriles is 1. The van der Waals surface area contributed by atoms with E-state index >= 15 is 0 Å². The summed E-state index contributed by atoms with van der Waals surface area (Å²) in [6.45, 7) is 2.16. The Labute approximate surface area is 117 Å². The molecule has 3 rings (SSSR count). The number of likely N-dealkylation sites (tertiary alicyclic amines) is 1. The van der Waals surface area contributed by atoms with Crippen LogP contribution in [0.4, 0.5) is 0 Å². The predicted molar refractivity (Wildman–Crippen MR) is 76.7 cm³/mol. The number of nitrogens with one attached hydrogen (secondary N) is 1. The van der Waals surface area contributed by atoms with Gasteiger partial charge in [0.1, 0.15) is 5.54 Å². The molecule has 0 radical (unpaired) electrons. The van der Waals surface area contributed by atoms with Crippen LogP contribution in [0.1, 0.15) is 51.4 Å².